The first-order chi connectivity index (χ1) is 7.38. The quantitative estimate of drug-likeness (QED) is 0.676. The summed E-state index contributed by atoms with van der Waals surface area (Å²) in [4.78, 5) is 0. The molecule has 0 radical (unpaired) electrons. The summed E-state index contributed by atoms with van der Waals surface area (Å²) < 4.78 is 0. The number of aliphatic hydroxyl groups is 1. The van der Waals surface area contributed by atoms with E-state index in [1.165, 1.54) is 6.20 Å². The van der Waals surface area contributed by atoms with Crippen molar-refractivity contribution >= 4 is 5.82 Å². The first-order valence-electron chi connectivity index (χ1n) is 4.95. The Morgan fingerprint density at radius 1 is 1.40 bits per heavy atom. The van der Waals surface area contributed by atoms with Crippen LogP contribution < -0.4 is 5.32 Å². The third-order valence-corrected chi connectivity index (χ3v) is 1.97. The summed E-state index contributed by atoms with van der Waals surface area (Å²) in [5.41, 5.74) is 0.507. The molecule has 1 heterocycles. The van der Waals surface area contributed by atoms with Crippen LogP contribution in [0.1, 0.15) is 24.8 Å². The minimum absolute atomic E-state index is 0.231. The summed E-state index contributed by atoms with van der Waals surface area (Å²) in [6, 6.07) is 3.67. The average molecular weight is 206 g/mol. The van der Waals surface area contributed by atoms with E-state index in [0.29, 0.717) is 11.4 Å². The second-order valence-corrected chi connectivity index (χ2v) is 3.12. The molecule has 2 N–H and O–H groups in total. The van der Waals surface area contributed by atoms with Gasteiger partial charge in [-0.25, -0.2) is 0 Å². The Morgan fingerprint density at radius 2 is 2.27 bits per heavy atom. The number of unbranched alkanes of at least 4 members (excludes halogenated alkanes) is 2. The SMILES string of the molecule is N#Cc1ccnnc1NCCCCCO. The van der Waals surface area contributed by atoms with E-state index in [-0.39, 0.29) is 6.61 Å². The van der Waals surface area contributed by atoms with Crippen molar-refractivity contribution in [3.05, 3.63) is 17.8 Å². The molecule has 0 aliphatic carbocycles. The molecule has 5 heteroatoms. The van der Waals surface area contributed by atoms with Crippen LogP contribution in [0, 0.1) is 11.3 Å². The van der Waals surface area contributed by atoms with Gasteiger partial charge in [-0.2, -0.15) is 10.4 Å². The number of hydrogen-bond acceptors (Lipinski definition) is 5. The number of hydrogen-bond donors (Lipinski definition) is 2. The Kier molecular flexibility index (Phi) is 5.12. The Balaban J connectivity index is 2.34. The lowest BCUT2D eigenvalue weighted by atomic mass is 10.2. The third-order valence-electron chi connectivity index (χ3n) is 1.97. The summed E-state index contributed by atoms with van der Waals surface area (Å²) in [6.45, 7) is 0.974. The van der Waals surface area contributed by atoms with Gasteiger partial charge < -0.3 is 10.4 Å². The van der Waals surface area contributed by atoms with Crippen molar-refractivity contribution in [1.29, 1.82) is 5.26 Å². The van der Waals surface area contributed by atoms with Gasteiger partial charge in [0.1, 0.15) is 6.07 Å². The molecule has 1 aromatic rings. The van der Waals surface area contributed by atoms with Gasteiger partial charge in [0.2, 0.25) is 0 Å². The molecule has 0 saturated heterocycles. The maximum atomic E-state index is 8.77. The number of aliphatic hydroxyl groups excluding tert-OH is 1. The van der Waals surface area contributed by atoms with Crippen LogP contribution in [0.2, 0.25) is 0 Å². The van der Waals surface area contributed by atoms with E-state index < -0.39 is 0 Å². The Morgan fingerprint density at radius 3 is 3.00 bits per heavy atom. The van der Waals surface area contributed by atoms with Crippen molar-refractivity contribution in [3.8, 4) is 6.07 Å². The molecule has 0 fully saturated rings. The van der Waals surface area contributed by atoms with Gasteiger partial charge in [-0.1, -0.05) is 0 Å². The van der Waals surface area contributed by atoms with Gasteiger partial charge in [0.25, 0.3) is 0 Å². The monoisotopic (exact) mass is 206 g/mol. The van der Waals surface area contributed by atoms with Gasteiger partial charge in [-0.3, -0.25) is 0 Å². The molecular weight excluding hydrogens is 192 g/mol. The molecule has 80 valence electrons. The lowest BCUT2D eigenvalue weighted by Gasteiger charge is -2.04. The minimum atomic E-state index is 0.231. The average Bonchev–Trinajstić information content (AvgIpc) is 2.29. The molecule has 1 rings (SSSR count). The highest BCUT2D eigenvalue weighted by Crippen LogP contribution is 2.08. The van der Waals surface area contributed by atoms with Crippen LogP contribution in [-0.2, 0) is 0 Å². The molecule has 0 aromatic carbocycles. The smallest absolute Gasteiger partial charge is 0.166 e. The highest BCUT2D eigenvalue weighted by molar-refractivity contribution is 5.49. The predicted molar refractivity (Wildman–Crippen MR) is 56.2 cm³/mol. The van der Waals surface area contributed by atoms with E-state index in [4.69, 9.17) is 10.4 Å². The van der Waals surface area contributed by atoms with E-state index >= 15 is 0 Å². The third kappa shape index (κ3) is 3.92. The lowest BCUT2D eigenvalue weighted by molar-refractivity contribution is 0.283. The summed E-state index contributed by atoms with van der Waals surface area (Å²) in [5, 5.41) is 27.9. The number of aromatic nitrogens is 2. The van der Waals surface area contributed by atoms with Crippen molar-refractivity contribution < 1.29 is 5.11 Å². The fraction of sp³-hybridized carbons (Fsp3) is 0.500. The zero-order valence-electron chi connectivity index (χ0n) is 8.48. The number of nitriles is 1. The summed E-state index contributed by atoms with van der Waals surface area (Å²) in [5.74, 6) is 0.531. The molecule has 0 amide bonds. The van der Waals surface area contributed by atoms with E-state index in [0.717, 1.165) is 25.8 Å². The molecule has 0 saturated carbocycles. The van der Waals surface area contributed by atoms with Gasteiger partial charge >= 0.3 is 0 Å². The van der Waals surface area contributed by atoms with E-state index in [1.807, 2.05) is 6.07 Å². The van der Waals surface area contributed by atoms with Gasteiger partial charge in [0.15, 0.2) is 5.82 Å². The first kappa shape index (κ1) is 11.4. The topological polar surface area (TPSA) is 81.8 Å². The fourth-order valence-corrected chi connectivity index (χ4v) is 1.17. The molecule has 0 bridgehead atoms. The van der Waals surface area contributed by atoms with Crippen molar-refractivity contribution in [3.63, 3.8) is 0 Å². The Hall–Kier alpha value is -1.67. The van der Waals surface area contributed by atoms with Crippen LogP contribution in [0.5, 0.6) is 0 Å². The standard InChI is InChI=1S/C10H14N4O/c11-8-9-4-6-13-14-10(9)12-5-2-1-3-7-15/h4,6,15H,1-3,5,7H2,(H,12,14). The van der Waals surface area contributed by atoms with Crippen LogP contribution in [0.15, 0.2) is 12.3 Å². The lowest BCUT2D eigenvalue weighted by Crippen LogP contribution is -2.06. The fourth-order valence-electron chi connectivity index (χ4n) is 1.17. The van der Waals surface area contributed by atoms with Crippen LogP contribution in [0.3, 0.4) is 0 Å². The second-order valence-electron chi connectivity index (χ2n) is 3.12. The summed E-state index contributed by atoms with van der Waals surface area (Å²) >= 11 is 0. The normalized spacial score (nSPS) is 9.60. The second kappa shape index (κ2) is 6.74. The largest absolute Gasteiger partial charge is 0.396 e. The Labute approximate surface area is 88.8 Å². The minimum Gasteiger partial charge on any atom is -0.396 e. The van der Waals surface area contributed by atoms with Gasteiger partial charge in [0, 0.05) is 13.2 Å². The van der Waals surface area contributed by atoms with Gasteiger partial charge in [-0.15, -0.1) is 5.10 Å². The zero-order chi connectivity index (χ0) is 10.9. The molecular formula is C10H14N4O. The maximum absolute atomic E-state index is 8.77. The molecule has 15 heavy (non-hydrogen) atoms. The van der Waals surface area contributed by atoms with E-state index in [9.17, 15) is 0 Å². The summed E-state index contributed by atoms with van der Waals surface area (Å²) in [6.07, 6.45) is 4.22. The highest BCUT2D eigenvalue weighted by atomic mass is 16.2. The number of nitrogens with one attached hydrogen (secondary N) is 1. The van der Waals surface area contributed by atoms with Crippen molar-refractivity contribution in [2.45, 2.75) is 19.3 Å². The van der Waals surface area contributed by atoms with Crippen LogP contribution in [0.4, 0.5) is 5.82 Å². The van der Waals surface area contributed by atoms with Gasteiger partial charge in [0.05, 0.1) is 11.8 Å². The van der Waals surface area contributed by atoms with E-state index in [1.54, 1.807) is 6.07 Å². The van der Waals surface area contributed by atoms with Crippen molar-refractivity contribution in [2.75, 3.05) is 18.5 Å². The van der Waals surface area contributed by atoms with Gasteiger partial charge in [-0.05, 0) is 25.3 Å². The molecule has 0 spiro atoms. The maximum Gasteiger partial charge on any atom is 0.166 e. The van der Waals surface area contributed by atoms with E-state index in [2.05, 4.69) is 15.5 Å². The molecule has 0 aliphatic heterocycles. The number of rotatable bonds is 6. The molecule has 5 nitrogen and oxygen atoms in total. The van der Waals surface area contributed by atoms with Crippen molar-refractivity contribution in [2.24, 2.45) is 0 Å². The number of anilines is 1. The molecule has 0 aliphatic rings. The van der Waals surface area contributed by atoms with Crippen LogP contribution >= 0.6 is 0 Å². The first-order valence-corrected chi connectivity index (χ1v) is 4.95. The summed E-state index contributed by atoms with van der Waals surface area (Å²) in [7, 11) is 0. The predicted octanol–water partition coefficient (Wildman–Crippen LogP) is 0.923. The molecule has 0 unspecified atom stereocenters. The van der Waals surface area contributed by atoms with Crippen LogP contribution in [0.25, 0.3) is 0 Å². The number of nitrogens with zero attached hydrogens (tertiary/aromatic N) is 3. The molecule has 1 aromatic heterocycles. The molecule has 0 atom stereocenters. The Bertz CT molecular complexity index is 334. The van der Waals surface area contributed by atoms with Crippen molar-refractivity contribution in [1.82, 2.24) is 10.2 Å². The zero-order valence-corrected chi connectivity index (χ0v) is 8.48. The highest BCUT2D eigenvalue weighted by Gasteiger charge is 2.01. The van der Waals surface area contributed by atoms with Crippen LogP contribution in [-0.4, -0.2) is 28.5 Å².